The summed E-state index contributed by atoms with van der Waals surface area (Å²) in [5, 5.41) is 4.75. The molecule has 0 amide bonds. The summed E-state index contributed by atoms with van der Waals surface area (Å²) in [5.74, 6) is 0.727. The molecule has 3 heterocycles. The SMILES string of the molecule is COc1ccc(-c2cccc(S(=O)(=O)C3CCNC3)c2)c2c1[nH]c1ncc(C)cc12. The van der Waals surface area contributed by atoms with E-state index in [4.69, 9.17) is 4.74 Å². The molecule has 1 unspecified atom stereocenters. The zero-order valence-corrected chi connectivity index (χ0v) is 17.7. The largest absolute Gasteiger partial charge is 0.495 e. The van der Waals surface area contributed by atoms with Crippen LogP contribution in [0.5, 0.6) is 5.75 Å². The number of fused-ring (bicyclic) bond motifs is 3. The molecule has 2 N–H and O–H groups in total. The maximum absolute atomic E-state index is 13.1. The van der Waals surface area contributed by atoms with E-state index >= 15 is 0 Å². The van der Waals surface area contributed by atoms with Gasteiger partial charge in [-0.15, -0.1) is 0 Å². The first-order valence-corrected chi connectivity index (χ1v) is 11.5. The number of aromatic nitrogens is 2. The third-order valence-electron chi connectivity index (χ3n) is 5.85. The highest BCUT2D eigenvalue weighted by molar-refractivity contribution is 7.92. The lowest BCUT2D eigenvalue weighted by molar-refractivity contribution is 0.419. The number of benzene rings is 2. The second-order valence-corrected chi connectivity index (χ2v) is 10.0. The van der Waals surface area contributed by atoms with Crippen molar-refractivity contribution in [1.29, 1.82) is 0 Å². The van der Waals surface area contributed by atoms with E-state index < -0.39 is 9.84 Å². The quantitative estimate of drug-likeness (QED) is 0.523. The van der Waals surface area contributed by atoms with Crippen LogP contribution < -0.4 is 10.1 Å². The smallest absolute Gasteiger partial charge is 0.182 e. The van der Waals surface area contributed by atoms with Crippen LogP contribution >= 0.6 is 0 Å². The molecule has 1 atom stereocenters. The number of aromatic amines is 1. The van der Waals surface area contributed by atoms with Gasteiger partial charge in [-0.25, -0.2) is 13.4 Å². The molecule has 7 heteroatoms. The van der Waals surface area contributed by atoms with Crippen LogP contribution in [-0.2, 0) is 9.84 Å². The number of nitrogens with zero attached hydrogens (tertiary/aromatic N) is 1. The minimum absolute atomic E-state index is 0.367. The van der Waals surface area contributed by atoms with E-state index in [1.54, 1.807) is 19.2 Å². The molecule has 0 bridgehead atoms. The van der Waals surface area contributed by atoms with Gasteiger partial charge in [0.2, 0.25) is 0 Å². The van der Waals surface area contributed by atoms with Gasteiger partial charge in [0.05, 0.1) is 22.8 Å². The molecule has 0 radical (unpaired) electrons. The van der Waals surface area contributed by atoms with Crippen molar-refractivity contribution < 1.29 is 13.2 Å². The second kappa shape index (κ2) is 7.11. The highest BCUT2D eigenvalue weighted by Gasteiger charge is 2.30. The molecule has 4 aromatic rings. The number of ether oxygens (including phenoxy) is 1. The zero-order chi connectivity index (χ0) is 20.9. The van der Waals surface area contributed by atoms with Gasteiger partial charge in [-0.05, 0) is 66.9 Å². The summed E-state index contributed by atoms with van der Waals surface area (Å²) >= 11 is 0. The first-order chi connectivity index (χ1) is 14.5. The molecule has 2 aromatic carbocycles. The Bertz CT molecular complexity index is 1370. The minimum atomic E-state index is -3.38. The summed E-state index contributed by atoms with van der Waals surface area (Å²) in [5.41, 5.74) is 4.50. The lowest BCUT2D eigenvalue weighted by atomic mass is 9.99. The number of nitrogens with one attached hydrogen (secondary N) is 2. The Labute approximate surface area is 175 Å². The third-order valence-corrected chi connectivity index (χ3v) is 8.04. The first-order valence-electron chi connectivity index (χ1n) is 9.99. The summed E-state index contributed by atoms with van der Waals surface area (Å²) in [4.78, 5) is 8.25. The number of methoxy groups -OCH3 is 1. The van der Waals surface area contributed by atoms with Crippen LogP contribution in [0.4, 0.5) is 0 Å². The summed E-state index contributed by atoms with van der Waals surface area (Å²) in [6, 6.07) is 13.2. The zero-order valence-electron chi connectivity index (χ0n) is 16.9. The predicted molar refractivity (Wildman–Crippen MR) is 119 cm³/mol. The van der Waals surface area contributed by atoms with E-state index in [-0.39, 0.29) is 5.25 Å². The van der Waals surface area contributed by atoms with E-state index in [0.717, 1.165) is 50.9 Å². The molecule has 1 aliphatic rings. The summed E-state index contributed by atoms with van der Waals surface area (Å²) in [6.45, 7) is 3.26. The van der Waals surface area contributed by atoms with E-state index in [2.05, 4.69) is 21.4 Å². The van der Waals surface area contributed by atoms with E-state index in [1.807, 2.05) is 37.4 Å². The molecule has 30 heavy (non-hydrogen) atoms. The van der Waals surface area contributed by atoms with Gasteiger partial charge in [0.15, 0.2) is 9.84 Å². The fourth-order valence-electron chi connectivity index (χ4n) is 4.30. The van der Waals surface area contributed by atoms with Crippen LogP contribution in [0.2, 0.25) is 0 Å². The van der Waals surface area contributed by atoms with Gasteiger partial charge in [-0.3, -0.25) is 0 Å². The molecule has 1 aliphatic heterocycles. The molecule has 5 rings (SSSR count). The summed E-state index contributed by atoms with van der Waals surface area (Å²) in [6.07, 6.45) is 2.47. The average Bonchev–Trinajstić information content (AvgIpc) is 3.42. The van der Waals surface area contributed by atoms with Crippen LogP contribution in [0.1, 0.15) is 12.0 Å². The van der Waals surface area contributed by atoms with E-state index in [0.29, 0.717) is 17.9 Å². The van der Waals surface area contributed by atoms with Crippen LogP contribution in [-0.4, -0.2) is 43.8 Å². The minimum Gasteiger partial charge on any atom is -0.495 e. The summed E-state index contributed by atoms with van der Waals surface area (Å²) in [7, 11) is -1.74. The number of H-pyrrole nitrogens is 1. The fourth-order valence-corrected chi connectivity index (χ4v) is 6.01. The van der Waals surface area contributed by atoms with Gasteiger partial charge in [-0.1, -0.05) is 12.1 Å². The third kappa shape index (κ3) is 2.97. The molecule has 0 aliphatic carbocycles. The van der Waals surface area contributed by atoms with Crippen LogP contribution in [0.25, 0.3) is 33.1 Å². The number of pyridine rings is 1. The Kier molecular flexibility index (Phi) is 4.52. The molecule has 0 saturated carbocycles. The summed E-state index contributed by atoms with van der Waals surface area (Å²) < 4.78 is 31.8. The lowest BCUT2D eigenvalue weighted by Crippen LogP contribution is -2.23. The molecule has 2 aromatic heterocycles. The van der Waals surface area contributed by atoms with Crippen molar-refractivity contribution in [1.82, 2.24) is 15.3 Å². The normalized spacial score (nSPS) is 17.1. The number of sulfone groups is 1. The van der Waals surface area contributed by atoms with Crippen molar-refractivity contribution >= 4 is 31.8 Å². The Morgan fingerprint density at radius 2 is 2.03 bits per heavy atom. The number of rotatable bonds is 4. The topological polar surface area (TPSA) is 84.1 Å². The molecule has 0 spiro atoms. The van der Waals surface area contributed by atoms with Gasteiger partial charge in [0.25, 0.3) is 0 Å². The Morgan fingerprint density at radius 3 is 2.80 bits per heavy atom. The van der Waals surface area contributed by atoms with Gasteiger partial charge < -0.3 is 15.0 Å². The molecule has 1 saturated heterocycles. The van der Waals surface area contributed by atoms with Crippen LogP contribution in [0.15, 0.2) is 53.6 Å². The maximum Gasteiger partial charge on any atom is 0.182 e. The Morgan fingerprint density at radius 1 is 1.17 bits per heavy atom. The van der Waals surface area contributed by atoms with Crippen molar-refractivity contribution in [3.63, 3.8) is 0 Å². The van der Waals surface area contributed by atoms with Crippen molar-refractivity contribution in [2.75, 3.05) is 20.2 Å². The maximum atomic E-state index is 13.1. The monoisotopic (exact) mass is 421 g/mol. The van der Waals surface area contributed by atoms with Gasteiger partial charge in [0.1, 0.15) is 11.4 Å². The first kappa shape index (κ1) is 19.1. The van der Waals surface area contributed by atoms with Gasteiger partial charge in [0, 0.05) is 23.5 Å². The molecule has 6 nitrogen and oxygen atoms in total. The van der Waals surface area contributed by atoms with Crippen LogP contribution in [0, 0.1) is 6.92 Å². The van der Waals surface area contributed by atoms with Gasteiger partial charge >= 0.3 is 0 Å². The molecule has 154 valence electrons. The number of aryl methyl sites for hydroxylation is 1. The average molecular weight is 422 g/mol. The van der Waals surface area contributed by atoms with E-state index in [9.17, 15) is 8.42 Å². The molecule has 1 fully saturated rings. The number of hydrogen-bond donors (Lipinski definition) is 2. The van der Waals surface area contributed by atoms with Crippen LogP contribution in [0.3, 0.4) is 0 Å². The van der Waals surface area contributed by atoms with Gasteiger partial charge in [-0.2, -0.15) is 0 Å². The molecular formula is C23H23N3O3S. The molecular weight excluding hydrogens is 398 g/mol. The van der Waals surface area contributed by atoms with Crippen molar-refractivity contribution in [3.05, 3.63) is 54.2 Å². The van der Waals surface area contributed by atoms with E-state index in [1.165, 1.54) is 0 Å². The fraction of sp³-hybridized carbons (Fsp3) is 0.261. The predicted octanol–water partition coefficient (Wildman–Crippen LogP) is 3.84. The van der Waals surface area contributed by atoms with Crippen molar-refractivity contribution in [3.8, 4) is 16.9 Å². The standard InChI is InChI=1S/C23H23N3O3S/c1-14-10-19-21-18(6-7-20(29-2)22(21)26-23(19)25-12-14)15-4-3-5-16(11-15)30(27,28)17-8-9-24-13-17/h3-7,10-12,17,24H,8-9,13H2,1-2H3,(H,25,26). The Hall–Kier alpha value is -2.90. The van der Waals surface area contributed by atoms with Crippen molar-refractivity contribution in [2.24, 2.45) is 0 Å². The Balaban J connectivity index is 1.74. The lowest BCUT2D eigenvalue weighted by Gasteiger charge is -2.13. The highest BCUT2D eigenvalue weighted by atomic mass is 32.2. The van der Waals surface area contributed by atoms with Crippen molar-refractivity contribution in [2.45, 2.75) is 23.5 Å². The second-order valence-electron chi connectivity index (χ2n) is 7.79. The number of hydrogen-bond acceptors (Lipinski definition) is 5. The highest BCUT2D eigenvalue weighted by Crippen LogP contribution is 2.39.